The zero-order chi connectivity index (χ0) is 13.1. The molecule has 0 aromatic carbocycles. The summed E-state index contributed by atoms with van der Waals surface area (Å²) in [5.41, 5.74) is 0.341. The summed E-state index contributed by atoms with van der Waals surface area (Å²) >= 11 is 0. The van der Waals surface area contributed by atoms with Crippen LogP contribution in [0.1, 0.15) is 35.4 Å². The van der Waals surface area contributed by atoms with Crippen LogP contribution in [0.4, 0.5) is 0 Å². The molecule has 0 spiro atoms. The molecular weight excluding hydrogens is 234 g/mol. The molecule has 0 radical (unpaired) electrons. The minimum absolute atomic E-state index is 0.304. The fraction of sp³-hybridized carbons (Fsp3) is 0.500. The molecule has 1 N–H and O–H groups in total. The van der Waals surface area contributed by atoms with Crippen molar-refractivity contribution in [1.29, 1.82) is 0 Å². The first-order valence-electron chi connectivity index (χ1n) is 5.92. The average Bonchev–Trinajstić information content (AvgIpc) is 2.39. The molecule has 0 aliphatic carbocycles. The van der Waals surface area contributed by atoms with Crippen LogP contribution < -0.4 is 0 Å². The summed E-state index contributed by atoms with van der Waals surface area (Å²) in [6.07, 6.45) is 5.07. The Bertz CT molecular complexity index is 458. The van der Waals surface area contributed by atoms with Crippen molar-refractivity contribution < 1.29 is 14.7 Å². The zero-order valence-corrected chi connectivity index (χ0v) is 10.2. The second-order valence-electron chi connectivity index (χ2n) is 4.37. The van der Waals surface area contributed by atoms with E-state index >= 15 is 0 Å². The number of hydrogen-bond donors (Lipinski definition) is 1. The second kappa shape index (κ2) is 5.12. The minimum atomic E-state index is -0.948. The van der Waals surface area contributed by atoms with Crippen molar-refractivity contribution in [3.8, 4) is 0 Å². The van der Waals surface area contributed by atoms with Gasteiger partial charge in [0.15, 0.2) is 0 Å². The Morgan fingerprint density at radius 2 is 2.00 bits per heavy atom. The maximum absolute atomic E-state index is 12.2. The summed E-state index contributed by atoms with van der Waals surface area (Å²) < 4.78 is 0. The van der Waals surface area contributed by atoms with Crippen molar-refractivity contribution >= 4 is 11.9 Å². The van der Waals surface area contributed by atoms with E-state index < -0.39 is 12.0 Å². The fourth-order valence-electron chi connectivity index (χ4n) is 2.10. The molecular formula is C12H15N3O3. The van der Waals surface area contributed by atoms with Crippen LogP contribution in [-0.4, -0.2) is 44.4 Å². The lowest BCUT2D eigenvalue weighted by Gasteiger charge is -2.32. The summed E-state index contributed by atoms with van der Waals surface area (Å²) in [5, 5.41) is 9.12. The lowest BCUT2D eigenvalue weighted by Crippen LogP contribution is -2.48. The van der Waals surface area contributed by atoms with E-state index in [-0.39, 0.29) is 5.91 Å². The smallest absolute Gasteiger partial charge is 0.326 e. The van der Waals surface area contributed by atoms with Crippen molar-refractivity contribution in [2.75, 3.05) is 6.54 Å². The third-order valence-corrected chi connectivity index (χ3v) is 3.08. The fourth-order valence-corrected chi connectivity index (χ4v) is 2.10. The van der Waals surface area contributed by atoms with Crippen LogP contribution >= 0.6 is 0 Å². The van der Waals surface area contributed by atoms with Crippen LogP contribution in [-0.2, 0) is 4.79 Å². The Hall–Kier alpha value is -1.98. The standard InChI is InChI=1S/C12H15N3O3/c1-8-13-6-9(7-14-8)11(16)15-5-3-2-4-10(15)12(17)18/h6-7,10H,2-5H2,1H3,(H,17,18). The first-order valence-corrected chi connectivity index (χ1v) is 5.92. The molecule has 1 amide bonds. The van der Waals surface area contributed by atoms with Gasteiger partial charge in [-0.15, -0.1) is 0 Å². The molecule has 18 heavy (non-hydrogen) atoms. The van der Waals surface area contributed by atoms with Crippen molar-refractivity contribution in [3.05, 3.63) is 23.8 Å². The van der Waals surface area contributed by atoms with Gasteiger partial charge in [0.25, 0.3) is 5.91 Å². The normalized spacial score (nSPS) is 19.6. The molecule has 96 valence electrons. The maximum atomic E-state index is 12.2. The summed E-state index contributed by atoms with van der Waals surface area (Å²) in [6.45, 7) is 2.21. The molecule has 1 fully saturated rings. The molecule has 6 heteroatoms. The number of carboxylic acids is 1. The number of carbonyl (C=O) groups is 2. The Kier molecular flexibility index (Phi) is 3.55. The highest BCUT2D eigenvalue weighted by Gasteiger charge is 2.32. The number of aryl methyl sites for hydroxylation is 1. The van der Waals surface area contributed by atoms with Crippen molar-refractivity contribution in [3.63, 3.8) is 0 Å². The highest BCUT2D eigenvalue weighted by atomic mass is 16.4. The van der Waals surface area contributed by atoms with Crippen molar-refractivity contribution in [1.82, 2.24) is 14.9 Å². The number of carbonyl (C=O) groups excluding carboxylic acids is 1. The predicted octanol–water partition coefficient (Wildman–Crippen LogP) is 0.864. The van der Waals surface area contributed by atoms with E-state index in [0.717, 1.165) is 12.8 Å². The van der Waals surface area contributed by atoms with Gasteiger partial charge in [-0.25, -0.2) is 14.8 Å². The van der Waals surface area contributed by atoms with Crippen LogP contribution in [0.2, 0.25) is 0 Å². The van der Waals surface area contributed by atoms with Gasteiger partial charge < -0.3 is 10.0 Å². The van der Waals surface area contributed by atoms with Gasteiger partial charge in [-0.2, -0.15) is 0 Å². The Labute approximate surface area is 105 Å². The molecule has 1 aliphatic heterocycles. The molecule has 6 nitrogen and oxygen atoms in total. The molecule has 0 saturated carbocycles. The third kappa shape index (κ3) is 2.47. The highest BCUT2D eigenvalue weighted by molar-refractivity contribution is 5.96. The minimum Gasteiger partial charge on any atom is -0.480 e. The Morgan fingerprint density at radius 3 is 2.61 bits per heavy atom. The van der Waals surface area contributed by atoms with Crippen LogP contribution in [0.25, 0.3) is 0 Å². The Balaban J connectivity index is 2.20. The van der Waals surface area contributed by atoms with E-state index in [1.807, 2.05) is 0 Å². The van der Waals surface area contributed by atoms with E-state index in [1.54, 1.807) is 6.92 Å². The number of aromatic nitrogens is 2. The first kappa shape index (κ1) is 12.5. The first-order chi connectivity index (χ1) is 8.59. The lowest BCUT2D eigenvalue weighted by atomic mass is 10.0. The SMILES string of the molecule is Cc1ncc(C(=O)N2CCCCC2C(=O)O)cn1. The number of piperidine rings is 1. The van der Waals surface area contributed by atoms with Gasteiger partial charge in [0, 0.05) is 18.9 Å². The van der Waals surface area contributed by atoms with Gasteiger partial charge in [0.1, 0.15) is 11.9 Å². The summed E-state index contributed by atoms with van der Waals surface area (Å²) in [5.74, 6) is -0.668. The maximum Gasteiger partial charge on any atom is 0.326 e. The van der Waals surface area contributed by atoms with Crippen molar-refractivity contribution in [2.45, 2.75) is 32.2 Å². The van der Waals surface area contributed by atoms with E-state index in [9.17, 15) is 9.59 Å². The molecule has 1 aromatic heterocycles. The quantitative estimate of drug-likeness (QED) is 0.840. The predicted molar refractivity (Wildman–Crippen MR) is 63.1 cm³/mol. The summed E-state index contributed by atoms with van der Waals surface area (Å²) in [6, 6.07) is -0.729. The molecule has 1 atom stereocenters. The summed E-state index contributed by atoms with van der Waals surface area (Å²) in [7, 11) is 0. The van der Waals surface area contributed by atoms with E-state index in [2.05, 4.69) is 9.97 Å². The molecule has 1 unspecified atom stereocenters. The number of carboxylic acid groups (broad SMARTS) is 1. The van der Waals surface area contributed by atoms with Crippen LogP contribution in [0, 0.1) is 6.92 Å². The van der Waals surface area contributed by atoms with Gasteiger partial charge in [-0.3, -0.25) is 4.79 Å². The summed E-state index contributed by atoms with van der Waals surface area (Å²) in [4.78, 5) is 32.7. The number of likely N-dealkylation sites (tertiary alicyclic amines) is 1. The largest absolute Gasteiger partial charge is 0.480 e. The van der Waals surface area contributed by atoms with E-state index in [0.29, 0.717) is 24.4 Å². The monoisotopic (exact) mass is 249 g/mol. The van der Waals surface area contributed by atoms with Crippen LogP contribution in [0.5, 0.6) is 0 Å². The molecule has 1 saturated heterocycles. The zero-order valence-electron chi connectivity index (χ0n) is 10.2. The Morgan fingerprint density at radius 1 is 1.33 bits per heavy atom. The van der Waals surface area contributed by atoms with E-state index in [1.165, 1.54) is 17.3 Å². The van der Waals surface area contributed by atoms with Crippen LogP contribution in [0.15, 0.2) is 12.4 Å². The highest BCUT2D eigenvalue weighted by Crippen LogP contribution is 2.19. The van der Waals surface area contributed by atoms with Gasteiger partial charge in [0.2, 0.25) is 0 Å². The number of nitrogens with zero attached hydrogens (tertiary/aromatic N) is 3. The van der Waals surface area contributed by atoms with Gasteiger partial charge in [-0.05, 0) is 26.2 Å². The second-order valence-corrected chi connectivity index (χ2v) is 4.37. The van der Waals surface area contributed by atoms with Gasteiger partial charge in [-0.1, -0.05) is 0 Å². The molecule has 0 bridgehead atoms. The van der Waals surface area contributed by atoms with Crippen molar-refractivity contribution in [2.24, 2.45) is 0 Å². The van der Waals surface area contributed by atoms with E-state index in [4.69, 9.17) is 5.11 Å². The molecule has 1 aliphatic rings. The number of amides is 1. The van der Waals surface area contributed by atoms with Gasteiger partial charge >= 0.3 is 5.97 Å². The average molecular weight is 249 g/mol. The van der Waals surface area contributed by atoms with Crippen LogP contribution in [0.3, 0.4) is 0 Å². The molecule has 1 aromatic rings. The number of rotatable bonds is 2. The number of hydrogen-bond acceptors (Lipinski definition) is 4. The third-order valence-electron chi connectivity index (χ3n) is 3.08. The lowest BCUT2D eigenvalue weighted by molar-refractivity contribution is -0.143. The molecule has 2 rings (SSSR count). The molecule has 2 heterocycles. The topological polar surface area (TPSA) is 83.4 Å². The number of aliphatic carboxylic acids is 1. The van der Waals surface area contributed by atoms with Gasteiger partial charge in [0.05, 0.1) is 5.56 Å².